The zero-order valence-corrected chi connectivity index (χ0v) is 11.5. The number of carbonyl (C=O) groups excluding carboxylic acids is 1. The maximum Gasteiger partial charge on any atom is 0.221 e. The molecule has 0 saturated heterocycles. The molecule has 3 aromatic rings. The van der Waals surface area contributed by atoms with E-state index in [1.54, 1.807) is 11.3 Å². The lowest BCUT2D eigenvalue weighted by Crippen LogP contribution is -2.05. The van der Waals surface area contributed by atoms with E-state index >= 15 is 0 Å². The molecule has 0 bridgehead atoms. The zero-order valence-electron chi connectivity index (χ0n) is 10.7. The molecule has 4 nitrogen and oxygen atoms in total. The number of imidazole rings is 1. The number of anilines is 1. The van der Waals surface area contributed by atoms with Crippen LogP contribution in [0.3, 0.4) is 0 Å². The molecule has 3 rings (SSSR count). The molecule has 19 heavy (non-hydrogen) atoms. The van der Waals surface area contributed by atoms with Crippen LogP contribution in [-0.2, 0) is 4.79 Å². The molecule has 0 unspecified atom stereocenters. The molecule has 0 spiro atoms. The van der Waals surface area contributed by atoms with Gasteiger partial charge < -0.3 is 5.32 Å². The third kappa shape index (κ3) is 2.24. The third-order valence-corrected chi connectivity index (χ3v) is 3.85. The normalized spacial score (nSPS) is 10.8. The molecule has 0 fully saturated rings. The second-order valence-corrected chi connectivity index (χ2v) is 5.25. The van der Waals surface area contributed by atoms with Crippen LogP contribution in [0.4, 0.5) is 5.69 Å². The second-order valence-electron chi connectivity index (χ2n) is 4.41. The van der Waals surface area contributed by atoms with E-state index in [-0.39, 0.29) is 5.91 Å². The van der Waals surface area contributed by atoms with Crippen molar-refractivity contribution in [2.45, 2.75) is 13.8 Å². The maximum absolute atomic E-state index is 11.0. The van der Waals surface area contributed by atoms with E-state index in [4.69, 9.17) is 0 Å². The van der Waals surface area contributed by atoms with Gasteiger partial charge in [-0.05, 0) is 19.1 Å². The molecule has 1 N–H and O–H groups in total. The molecule has 2 heterocycles. The summed E-state index contributed by atoms with van der Waals surface area (Å²) in [5.74, 6) is -0.0640. The Balaban J connectivity index is 1.94. The number of aromatic nitrogens is 2. The minimum absolute atomic E-state index is 0.0640. The maximum atomic E-state index is 11.0. The van der Waals surface area contributed by atoms with Gasteiger partial charge in [0.15, 0.2) is 4.96 Å². The van der Waals surface area contributed by atoms with Crippen LogP contribution in [0.5, 0.6) is 0 Å². The summed E-state index contributed by atoms with van der Waals surface area (Å²) < 4.78 is 2.09. The largest absolute Gasteiger partial charge is 0.326 e. The minimum Gasteiger partial charge on any atom is -0.326 e. The van der Waals surface area contributed by atoms with E-state index in [1.807, 2.05) is 30.5 Å². The monoisotopic (exact) mass is 271 g/mol. The zero-order chi connectivity index (χ0) is 13.4. The average molecular weight is 271 g/mol. The fourth-order valence-electron chi connectivity index (χ4n) is 1.96. The van der Waals surface area contributed by atoms with Gasteiger partial charge in [-0.2, -0.15) is 0 Å². The SMILES string of the molecule is CC(=O)Nc1ccc(-c2cn3c(C)csc3n2)cc1. The quantitative estimate of drug-likeness (QED) is 0.777. The fraction of sp³-hybridized carbons (Fsp3) is 0.143. The van der Waals surface area contributed by atoms with E-state index < -0.39 is 0 Å². The standard InChI is InChI=1S/C14H13N3OS/c1-9-8-19-14-16-13(7-17(9)14)11-3-5-12(6-4-11)15-10(2)18/h3-8H,1-2H3,(H,15,18). The molecule has 96 valence electrons. The first-order chi connectivity index (χ1) is 9.13. The first-order valence-electron chi connectivity index (χ1n) is 5.95. The minimum atomic E-state index is -0.0640. The highest BCUT2D eigenvalue weighted by Crippen LogP contribution is 2.24. The highest BCUT2D eigenvalue weighted by atomic mass is 32.1. The van der Waals surface area contributed by atoms with Crippen molar-refractivity contribution in [2.24, 2.45) is 0 Å². The first-order valence-corrected chi connectivity index (χ1v) is 6.82. The summed E-state index contributed by atoms with van der Waals surface area (Å²) in [4.78, 5) is 16.5. The molecule has 0 radical (unpaired) electrons. The molecule has 5 heteroatoms. The number of benzene rings is 1. The summed E-state index contributed by atoms with van der Waals surface area (Å²) in [6, 6.07) is 7.70. The summed E-state index contributed by atoms with van der Waals surface area (Å²) in [5, 5.41) is 4.84. The Morgan fingerprint density at radius 2 is 2.05 bits per heavy atom. The summed E-state index contributed by atoms with van der Waals surface area (Å²) in [6.45, 7) is 3.56. The Kier molecular flexibility index (Phi) is 2.83. The van der Waals surface area contributed by atoms with Crippen LogP contribution in [-0.4, -0.2) is 15.3 Å². The van der Waals surface area contributed by atoms with Gasteiger partial charge in [0, 0.05) is 35.4 Å². The number of rotatable bonds is 2. The van der Waals surface area contributed by atoms with Gasteiger partial charge in [0.1, 0.15) is 0 Å². The van der Waals surface area contributed by atoms with Crippen LogP contribution in [0.1, 0.15) is 12.6 Å². The van der Waals surface area contributed by atoms with Crippen LogP contribution in [0.25, 0.3) is 16.2 Å². The molecule has 1 aromatic carbocycles. The number of hydrogen-bond donors (Lipinski definition) is 1. The Labute approximate surface area is 114 Å². The highest BCUT2D eigenvalue weighted by Gasteiger charge is 2.07. The summed E-state index contributed by atoms with van der Waals surface area (Å²) in [5.41, 5.74) is 3.98. The van der Waals surface area contributed by atoms with Gasteiger partial charge in [-0.25, -0.2) is 4.98 Å². The summed E-state index contributed by atoms with van der Waals surface area (Å²) in [7, 11) is 0. The molecule has 0 aliphatic heterocycles. The number of carbonyl (C=O) groups is 1. The average Bonchev–Trinajstić information content (AvgIpc) is 2.92. The Bertz CT molecular complexity index is 740. The van der Waals surface area contributed by atoms with E-state index in [2.05, 4.69) is 27.0 Å². The third-order valence-electron chi connectivity index (χ3n) is 2.89. The van der Waals surface area contributed by atoms with Crippen molar-refractivity contribution in [2.75, 3.05) is 5.32 Å². The van der Waals surface area contributed by atoms with Gasteiger partial charge in [-0.1, -0.05) is 12.1 Å². The van der Waals surface area contributed by atoms with Crippen molar-refractivity contribution in [3.05, 3.63) is 41.5 Å². The summed E-state index contributed by atoms with van der Waals surface area (Å²) >= 11 is 1.64. The van der Waals surface area contributed by atoms with Crippen molar-refractivity contribution in [1.82, 2.24) is 9.38 Å². The molecule has 0 saturated carbocycles. The molecule has 0 aliphatic rings. The van der Waals surface area contributed by atoms with Crippen molar-refractivity contribution in [3.63, 3.8) is 0 Å². The number of nitrogens with zero attached hydrogens (tertiary/aromatic N) is 2. The van der Waals surface area contributed by atoms with E-state index in [0.717, 1.165) is 21.9 Å². The topological polar surface area (TPSA) is 46.4 Å². The van der Waals surface area contributed by atoms with Crippen molar-refractivity contribution < 1.29 is 4.79 Å². The first kappa shape index (κ1) is 11.9. The lowest BCUT2D eigenvalue weighted by molar-refractivity contribution is -0.114. The van der Waals surface area contributed by atoms with Crippen molar-refractivity contribution in [3.8, 4) is 11.3 Å². The lowest BCUT2D eigenvalue weighted by Gasteiger charge is -2.02. The van der Waals surface area contributed by atoms with Crippen LogP contribution in [0.15, 0.2) is 35.8 Å². The van der Waals surface area contributed by atoms with E-state index in [9.17, 15) is 4.79 Å². The Morgan fingerprint density at radius 1 is 1.32 bits per heavy atom. The number of amides is 1. The lowest BCUT2D eigenvalue weighted by atomic mass is 10.1. The number of fused-ring (bicyclic) bond motifs is 1. The van der Waals surface area contributed by atoms with Gasteiger partial charge >= 0.3 is 0 Å². The van der Waals surface area contributed by atoms with Crippen molar-refractivity contribution in [1.29, 1.82) is 0 Å². The van der Waals surface area contributed by atoms with E-state index in [0.29, 0.717) is 0 Å². The molecular weight excluding hydrogens is 258 g/mol. The molecular formula is C14H13N3OS. The number of nitrogens with one attached hydrogen (secondary N) is 1. The van der Waals surface area contributed by atoms with Gasteiger partial charge in [0.05, 0.1) is 5.69 Å². The van der Waals surface area contributed by atoms with Gasteiger partial charge in [-0.15, -0.1) is 11.3 Å². The Morgan fingerprint density at radius 3 is 2.68 bits per heavy atom. The van der Waals surface area contributed by atoms with Gasteiger partial charge in [0.25, 0.3) is 0 Å². The molecule has 0 aliphatic carbocycles. The second kappa shape index (κ2) is 4.51. The van der Waals surface area contributed by atoms with Crippen LogP contribution in [0.2, 0.25) is 0 Å². The molecule has 1 amide bonds. The predicted molar refractivity (Wildman–Crippen MR) is 77.5 cm³/mol. The predicted octanol–water partition coefficient (Wildman–Crippen LogP) is 3.33. The van der Waals surface area contributed by atoms with Gasteiger partial charge in [-0.3, -0.25) is 9.20 Å². The van der Waals surface area contributed by atoms with Gasteiger partial charge in [0.2, 0.25) is 5.91 Å². The van der Waals surface area contributed by atoms with Crippen LogP contribution >= 0.6 is 11.3 Å². The molecule has 0 atom stereocenters. The Hall–Kier alpha value is -2.14. The number of hydrogen-bond acceptors (Lipinski definition) is 3. The fourth-order valence-corrected chi connectivity index (χ4v) is 2.81. The van der Waals surface area contributed by atoms with Crippen molar-refractivity contribution >= 4 is 27.9 Å². The smallest absolute Gasteiger partial charge is 0.221 e. The van der Waals surface area contributed by atoms with E-state index in [1.165, 1.54) is 12.6 Å². The summed E-state index contributed by atoms with van der Waals surface area (Å²) in [6.07, 6.45) is 2.04. The van der Waals surface area contributed by atoms with Crippen LogP contribution in [0, 0.1) is 6.92 Å². The highest BCUT2D eigenvalue weighted by molar-refractivity contribution is 7.15. The molecule has 2 aromatic heterocycles. The number of aryl methyl sites for hydroxylation is 1. The number of thiazole rings is 1. The van der Waals surface area contributed by atoms with Crippen LogP contribution < -0.4 is 5.32 Å².